The highest BCUT2D eigenvalue weighted by atomic mass is 16.5. The van der Waals surface area contributed by atoms with Crippen LogP contribution in [-0.4, -0.2) is 26.7 Å². The lowest BCUT2D eigenvalue weighted by Gasteiger charge is -2.22. The molecule has 5 heteroatoms. The number of phenols is 1. The van der Waals surface area contributed by atoms with E-state index >= 15 is 0 Å². The maximum absolute atomic E-state index is 10.6. The molecule has 0 fully saturated rings. The van der Waals surface area contributed by atoms with Crippen molar-refractivity contribution >= 4 is 5.57 Å². The molecule has 0 aliphatic heterocycles. The summed E-state index contributed by atoms with van der Waals surface area (Å²) >= 11 is 0. The molecule has 0 radical (unpaired) electrons. The fourth-order valence-corrected chi connectivity index (χ4v) is 4.30. The van der Waals surface area contributed by atoms with E-state index in [0.29, 0.717) is 29.6 Å². The number of benzene rings is 1. The lowest BCUT2D eigenvalue weighted by atomic mass is 9.84. The van der Waals surface area contributed by atoms with Gasteiger partial charge in [0.15, 0.2) is 11.6 Å². The Morgan fingerprint density at radius 2 is 1.54 bits per heavy atom. The van der Waals surface area contributed by atoms with Gasteiger partial charge in [0, 0.05) is 11.6 Å². The number of ether oxygens (including phenoxy) is 1. The van der Waals surface area contributed by atoms with Gasteiger partial charge >= 0.3 is 0 Å². The van der Waals surface area contributed by atoms with E-state index < -0.39 is 0 Å². The smallest absolute Gasteiger partial charge is 0.167 e. The summed E-state index contributed by atoms with van der Waals surface area (Å²) in [4.78, 5) is 13.2. The molecule has 1 aromatic heterocycles. The van der Waals surface area contributed by atoms with Crippen LogP contribution < -0.4 is 4.74 Å². The quantitative estimate of drug-likeness (QED) is 0.261. The summed E-state index contributed by atoms with van der Waals surface area (Å²) < 4.78 is 5.87. The second-order valence-corrected chi connectivity index (χ2v) is 10.4. The average Bonchev–Trinajstić information content (AvgIpc) is 2.85. The van der Waals surface area contributed by atoms with Crippen molar-refractivity contribution < 1.29 is 9.84 Å². The minimum atomic E-state index is 0.118. The fraction of sp³-hybridized carbons (Fsp3) is 0.567. The second-order valence-electron chi connectivity index (χ2n) is 10.4. The van der Waals surface area contributed by atoms with Gasteiger partial charge in [0.05, 0.1) is 12.2 Å². The number of unbranched alkanes of at least 4 members (excludes halogenated alkanes) is 10. The SMILES string of the molecule is CCCCCCCCCCCCCOc1ccc(-c2ncnc(C3=CCC(C)(C)C=C3)n2)c(O)c1. The molecule has 1 aliphatic carbocycles. The van der Waals surface area contributed by atoms with E-state index in [2.05, 4.69) is 54.0 Å². The van der Waals surface area contributed by atoms with Gasteiger partial charge in [-0.3, -0.25) is 0 Å². The maximum atomic E-state index is 10.6. The standard InChI is InChI=1S/C30H43N3O2/c1-4-5-6-7-8-9-10-11-12-13-14-21-35-25-15-16-26(27(34)22-25)29-32-23-31-28(33-29)24-17-19-30(2,3)20-18-24/h15-19,22-23,34H,4-14,20-21H2,1-3H3. The van der Waals surface area contributed by atoms with Crippen molar-refractivity contribution in [3.05, 3.63) is 48.6 Å². The number of phenolic OH excluding ortho intramolecular Hbond substituents is 1. The molecule has 5 nitrogen and oxygen atoms in total. The van der Waals surface area contributed by atoms with E-state index in [0.717, 1.165) is 18.4 Å². The van der Waals surface area contributed by atoms with Gasteiger partial charge < -0.3 is 9.84 Å². The van der Waals surface area contributed by atoms with Gasteiger partial charge in [-0.15, -0.1) is 0 Å². The predicted octanol–water partition coefficient (Wildman–Crippen LogP) is 8.30. The van der Waals surface area contributed by atoms with Crippen molar-refractivity contribution in [1.82, 2.24) is 15.0 Å². The maximum Gasteiger partial charge on any atom is 0.167 e. The number of nitrogens with zero attached hydrogens (tertiary/aromatic N) is 3. The Balaban J connectivity index is 1.40. The van der Waals surface area contributed by atoms with Crippen molar-refractivity contribution in [3.63, 3.8) is 0 Å². The Hall–Kier alpha value is -2.69. The highest BCUT2D eigenvalue weighted by Gasteiger charge is 2.18. The first-order chi connectivity index (χ1) is 17.0. The zero-order valence-electron chi connectivity index (χ0n) is 21.9. The number of aromatic nitrogens is 3. The zero-order valence-corrected chi connectivity index (χ0v) is 21.9. The number of aromatic hydroxyl groups is 1. The Kier molecular flexibility index (Phi) is 10.8. The average molecular weight is 478 g/mol. The molecule has 0 saturated carbocycles. The lowest BCUT2D eigenvalue weighted by molar-refractivity contribution is 0.302. The van der Waals surface area contributed by atoms with E-state index in [4.69, 9.17) is 4.74 Å². The Morgan fingerprint density at radius 3 is 2.17 bits per heavy atom. The van der Waals surface area contributed by atoms with E-state index in [1.807, 2.05) is 12.1 Å². The van der Waals surface area contributed by atoms with Crippen LogP contribution in [0.15, 0.2) is 42.8 Å². The zero-order chi connectivity index (χ0) is 24.9. The van der Waals surface area contributed by atoms with Gasteiger partial charge in [0.1, 0.15) is 17.8 Å². The van der Waals surface area contributed by atoms with Crippen molar-refractivity contribution in [2.75, 3.05) is 6.61 Å². The van der Waals surface area contributed by atoms with Crippen LogP contribution in [0.3, 0.4) is 0 Å². The Labute approximate surface area is 211 Å². The van der Waals surface area contributed by atoms with Gasteiger partial charge in [0.2, 0.25) is 0 Å². The van der Waals surface area contributed by atoms with E-state index in [-0.39, 0.29) is 11.2 Å². The van der Waals surface area contributed by atoms with Crippen LogP contribution in [0, 0.1) is 5.41 Å². The van der Waals surface area contributed by atoms with Crippen LogP contribution in [0.1, 0.15) is 104 Å². The lowest BCUT2D eigenvalue weighted by Crippen LogP contribution is -2.09. The largest absolute Gasteiger partial charge is 0.507 e. The molecule has 0 amide bonds. The van der Waals surface area contributed by atoms with Crippen LogP contribution in [0.4, 0.5) is 0 Å². The van der Waals surface area contributed by atoms with Gasteiger partial charge in [-0.05, 0) is 30.4 Å². The van der Waals surface area contributed by atoms with E-state index in [9.17, 15) is 5.11 Å². The first kappa shape index (κ1) is 26.9. The molecule has 35 heavy (non-hydrogen) atoms. The minimum Gasteiger partial charge on any atom is -0.507 e. The summed E-state index contributed by atoms with van der Waals surface area (Å²) in [7, 11) is 0. The highest BCUT2D eigenvalue weighted by Crippen LogP contribution is 2.33. The third-order valence-electron chi connectivity index (χ3n) is 6.62. The summed E-state index contributed by atoms with van der Waals surface area (Å²) in [5.74, 6) is 1.88. The molecule has 1 aromatic carbocycles. The fourth-order valence-electron chi connectivity index (χ4n) is 4.30. The molecule has 0 unspecified atom stereocenters. The van der Waals surface area contributed by atoms with Gasteiger partial charge in [-0.25, -0.2) is 15.0 Å². The summed E-state index contributed by atoms with van der Waals surface area (Å²) in [6.45, 7) is 7.34. The van der Waals surface area contributed by atoms with Crippen molar-refractivity contribution in [1.29, 1.82) is 0 Å². The number of allylic oxidation sites excluding steroid dienone is 4. The molecule has 0 bridgehead atoms. The molecule has 0 spiro atoms. The number of hydrogen-bond donors (Lipinski definition) is 1. The highest BCUT2D eigenvalue weighted by molar-refractivity contribution is 5.72. The minimum absolute atomic E-state index is 0.118. The van der Waals surface area contributed by atoms with Gasteiger partial charge in [-0.2, -0.15) is 0 Å². The molecule has 2 aromatic rings. The molecule has 190 valence electrons. The van der Waals surface area contributed by atoms with E-state index in [1.54, 1.807) is 6.07 Å². The summed E-state index contributed by atoms with van der Waals surface area (Å²) in [6.07, 6.45) is 23.3. The van der Waals surface area contributed by atoms with Crippen LogP contribution in [0.5, 0.6) is 11.5 Å². The first-order valence-corrected chi connectivity index (χ1v) is 13.5. The Morgan fingerprint density at radius 1 is 0.886 bits per heavy atom. The molecule has 1 N–H and O–H groups in total. The summed E-state index contributed by atoms with van der Waals surface area (Å²) in [6, 6.07) is 5.34. The predicted molar refractivity (Wildman–Crippen MR) is 144 cm³/mol. The topological polar surface area (TPSA) is 68.1 Å². The van der Waals surface area contributed by atoms with Crippen LogP contribution in [-0.2, 0) is 0 Å². The van der Waals surface area contributed by atoms with Crippen LogP contribution in [0.2, 0.25) is 0 Å². The number of hydrogen-bond acceptors (Lipinski definition) is 5. The monoisotopic (exact) mass is 477 g/mol. The number of rotatable bonds is 15. The van der Waals surface area contributed by atoms with Crippen LogP contribution >= 0.6 is 0 Å². The van der Waals surface area contributed by atoms with Crippen molar-refractivity contribution in [3.8, 4) is 22.9 Å². The Bertz CT molecular complexity index is 981. The third kappa shape index (κ3) is 9.12. The molecular weight excluding hydrogens is 434 g/mol. The molecule has 0 atom stereocenters. The second kappa shape index (κ2) is 14.0. The molecule has 0 saturated heterocycles. The van der Waals surface area contributed by atoms with Crippen LogP contribution in [0.25, 0.3) is 17.0 Å². The van der Waals surface area contributed by atoms with Gasteiger partial charge in [0.25, 0.3) is 0 Å². The molecular formula is C30H43N3O2. The normalized spacial score (nSPS) is 14.7. The summed E-state index contributed by atoms with van der Waals surface area (Å²) in [5.41, 5.74) is 1.72. The summed E-state index contributed by atoms with van der Waals surface area (Å²) in [5, 5.41) is 10.6. The van der Waals surface area contributed by atoms with Gasteiger partial charge in [-0.1, -0.05) is 103 Å². The first-order valence-electron chi connectivity index (χ1n) is 13.5. The molecule has 1 aliphatic rings. The molecule has 1 heterocycles. The third-order valence-corrected chi connectivity index (χ3v) is 6.62. The van der Waals surface area contributed by atoms with E-state index in [1.165, 1.54) is 70.5 Å². The van der Waals surface area contributed by atoms with Crippen molar-refractivity contribution in [2.45, 2.75) is 97.8 Å². The van der Waals surface area contributed by atoms with Crippen molar-refractivity contribution in [2.24, 2.45) is 5.41 Å². The molecule has 3 rings (SSSR count).